The SMILES string of the molecule is CC(C)CC(CNS(=O)(=O)CCCl)N(C)C. The lowest BCUT2D eigenvalue weighted by molar-refractivity contribution is 0.255. The first-order chi connectivity index (χ1) is 7.28. The van der Waals surface area contributed by atoms with Gasteiger partial charge in [-0.05, 0) is 26.4 Å². The minimum Gasteiger partial charge on any atom is -0.305 e. The summed E-state index contributed by atoms with van der Waals surface area (Å²) in [5.74, 6) is 0.660. The van der Waals surface area contributed by atoms with Crippen LogP contribution >= 0.6 is 11.6 Å². The molecule has 0 amide bonds. The Morgan fingerprint density at radius 2 is 1.88 bits per heavy atom. The Balaban J connectivity index is 4.22. The number of sulfonamides is 1. The lowest BCUT2D eigenvalue weighted by Crippen LogP contribution is -2.41. The molecule has 0 radical (unpaired) electrons. The highest BCUT2D eigenvalue weighted by Gasteiger charge is 2.16. The first kappa shape index (κ1) is 16.2. The largest absolute Gasteiger partial charge is 0.305 e. The molecular formula is C10H23ClN2O2S. The van der Waals surface area contributed by atoms with E-state index < -0.39 is 10.0 Å². The topological polar surface area (TPSA) is 49.4 Å². The maximum atomic E-state index is 11.4. The highest BCUT2D eigenvalue weighted by Crippen LogP contribution is 2.08. The van der Waals surface area contributed by atoms with Gasteiger partial charge in [-0.25, -0.2) is 13.1 Å². The molecule has 98 valence electrons. The lowest BCUT2D eigenvalue weighted by atomic mass is 10.0. The van der Waals surface area contributed by atoms with Crippen molar-refractivity contribution in [1.82, 2.24) is 9.62 Å². The molecule has 16 heavy (non-hydrogen) atoms. The molecule has 0 aromatic rings. The molecule has 0 heterocycles. The standard InChI is InChI=1S/C10H23ClN2O2S/c1-9(2)7-10(13(3)4)8-12-16(14,15)6-5-11/h9-10,12H,5-8H2,1-4H3. The summed E-state index contributed by atoms with van der Waals surface area (Å²) in [6.45, 7) is 4.71. The summed E-state index contributed by atoms with van der Waals surface area (Å²) in [7, 11) is 0.718. The van der Waals surface area contributed by atoms with Gasteiger partial charge in [0.05, 0.1) is 5.75 Å². The summed E-state index contributed by atoms with van der Waals surface area (Å²) in [6.07, 6.45) is 0.969. The van der Waals surface area contributed by atoms with Crippen LogP contribution in [0.3, 0.4) is 0 Å². The molecule has 6 heteroatoms. The predicted molar refractivity (Wildman–Crippen MR) is 69.4 cm³/mol. The number of hydrogen-bond acceptors (Lipinski definition) is 3. The van der Waals surface area contributed by atoms with Gasteiger partial charge in [0.2, 0.25) is 10.0 Å². The van der Waals surface area contributed by atoms with Gasteiger partial charge in [-0.3, -0.25) is 0 Å². The Bertz CT molecular complexity index is 279. The molecule has 1 atom stereocenters. The van der Waals surface area contributed by atoms with Crippen molar-refractivity contribution < 1.29 is 8.42 Å². The third-order valence-electron chi connectivity index (χ3n) is 2.36. The van der Waals surface area contributed by atoms with Crippen LogP contribution in [-0.2, 0) is 10.0 Å². The summed E-state index contributed by atoms with van der Waals surface area (Å²) in [4.78, 5) is 2.04. The van der Waals surface area contributed by atoms with Crippen LogP contribution in [0.15, 0.2) is 0 Å². The van der Waals surface area contributed by atoms with Crippen LogP contribution in [0.2, 0.25) is 0 Å². The minimum absolute atomic E-state index is 0.0175. The van der Waals surface area contributed by atoms with Gasteiger partial charge >= 0.3 is 0 Å². The molecule has 0 aromatic carbocycles. The van der Waals surface area contributed by atoms with Crippen LogP contribution in [0.5, 0.6) is 0 Å². The second-order valence-electron chi connectivity index (χ2n) is 4.60. The van der Waals surface area contributed by atoms with E-state index in [9.17, 15) is 8.42 Å². The third kappa shape index (κ3) is 7.44. The minimum atomic E-state index is -3.20. The fourth-order valence-corrected chi connectivity index (χ4v) is 2.82. The first-order valence-corrected chi connectivity index (χ1v) is 7.67. The lowest BCUT2D eigenvalue weighted by Gasteiger charge is -2.26. The predicted octanol–water partition coefficient (Wildman–Crippen LogP) is 1.12. The van der Waals surface area contributed by atoms with Crippen molar-refractivity contribution in [3.8, 4) is 0 Å². The van der Waals surface area contributed by atoms with Gasteiger partial charge in [-0.1, -0.05) is 13.8 Å². The molecule has 0 aliphatic rings. The normalized spacial score (nSPS) is 14.7. The molecule has 0 spiro atoms. The zero-order valence-electron chi connectivity index (χ0n) is 10.5. The van der Waals surface area contributed by atoms with E-state index in [0.717, 1.165) is 6.42 Å². The number of rotatable bonds is 8. The average Bonchev–Trinajstić information content (AvgIpc) is 2.11. The number of nitrogens with zero attached hydrogens (tertiary/aromatic N) is 1. The Hall–Kier alpha value is 0.160. The Labute approximate surface area is 104 Å². The van der Waals surface area contributed by atoms with E-state index in [4.69, 9.17) is 11.6 Å². The van der Waals surface area contributed by atoms with E-state index in [1.54, 1.807) is 0 Å². The van der Waals surface area contributed by atoms with Gasteiger partial charge in [0.15, 0.2) is 0 Å². The van der Waals surface area contributed by atoms with E-state index in [0.29, 0.717) is 12.5 Å². The van der Waals surface area contributed by atoms with Crippen molar-refractivity contribution in [3.63, 3.8) is 0 Å². The van der Waals surface area contributed by atoms with Gasteiger partial charge in [0.25, 0.3) is 0 Å². The molecule has 1 N–H and O–H groups in total. The highest BCUT2D eigenvalue weighted by atomic mass is 35.5. The quantitative estimate of drug-likeness (QED) is 0.673. The summed E-state index contributed by atoms with van der Waals surface area (Å²) in [6, 6.07) is 0.227. The molecule has 0 saturated carbocycles. The van der Waals surface area contributed by atoms with Gasteiger partial charge in [-0.15, -0.1) is 11.6 Å². The number of likely N-dealkylation sites (N-methyl/N-ethyl adjacent to an activating group) is 1. The number of nitrogens with one attached hydrogen (secondary N) is 1. The maximum absolute atomic E-state index is 11.4. The number of hydrogen-bond donors (Lipinski definition) is 1. The fourth-order valence-electron chi connectivity index (χ4n) is 1.42. The van der Waals surface area contributed by atoms with E-state index in [1.165, 1.54) is 0 Å². The molecule has 4 nitrogen and oxygen atoms in total. The maximum Gasteiger partial charge on any atom is 0.212 e. The second-order valence-corrected chi connectivity index (χ2v) is 6.91. The van der Waals surface area contributed by atoms with Crippen LogP contribution in [0.4, 0.5) is 0 Å². The van der Waals surface area contributed by atoms with Crippen molar-refractivity contribution in [3.05, 3.63) is 0 Å². The summed E-state index contributed by atoms with van der Waals surface area (Å²) < 4.78 is 25.5. The van der Waals surface area contributed by atoms with Crippen LogP contribution in [0.1, 0.15) is 20.3 Å². The van der Waals surface area contributed by atoms with Crippen LogP contribution in [0.25, 0.3) is 0 Å². The first-order valence-electron chi connectivity index (χ1n) is 5.48. The molecule has 0 rings (SSSR count). The number of halogens is 1. The van der Waals surface area contributed by atoms with Crippen molar-refractivity contribution in [2.24, 2.45) is 5.92 Å². The van der Waals surface area contributed by atoms with Crippen molar-refractivity contribution in [2.45, 2.75) is 26.3 Å². The monoisotopic (exact) mass is 270 g/mol. The van der Waals surface area contributed by atoms with Crippen molar-refractivity contribution >= 4 is 21.6 Å². The Morgan fingerprint density at radius 3 is 2.25 bits per heavy atom. The number of alkyl halides is 1. The molecule has 1 unspecified atom stereocenters. The smallest absolute Gasteiger partial charge is 0.212 e. The summed E-state index contributed by atoms with van der Waals surface area (Å²) in [5, 5.41) is 0. The molecule has 0 aliphatic heterocycles. The van der Waals surface area contributed by atoms with Crippen LogP contribution in [-0.4, -0.2) is 51.6 Å². The van der Waals surface area contributed by atoms with Gasteiger partial charge in [0.1, 0.15) is 0 Å². The van der Waals surface area contributed by atoms with E-state index >= 15 is 0 Å². The fraction of sp³-hybridized carbons (Fsp3) is 1.00. The molecule has 0 saturated heterocycles. The van der Waals surface area contributed by atoms with Crippen molar-refractivity contribution in [2.75, 3.05) is 32.3 Å². The van der Waals surface area contributed by atoms with Gasteiger partial charge in [-0.2, -0.15) is 0 Å². The molecule has 0 bridgehead atoms. The third-order valence-corrected chi connectivity index (χ3v) is 4.12. The molecule has 0 aliphatic carbocycles. The molecular weight excluding hydrogens is 248 g/mol. The summed E-state index contributed by atoms with van der Waals surface area (Å²) in [5.41, 5.74) is 0. The van der Waals surface area contributed by atoms with E-state index in [-0.39, 0.29) is 17.7 Å². The zero-order valence-corrected chi connectivity index (χ0v) is 12.1. The summed E-state index contributed by atoms with van der Waals surface area (Å²) >= 11 is 5.42. The van der Waals surface area contributed by atoms with Crippen molar-refractivity contribution in [1.29, 1.82) is 0 Å². The van der Waals surface area contributed by atoms with Crippen LogP contribution in [0, 0.1) is 5.92 Å². The van der Waals surface area contributed by atoms with Crippen LogP contribution < -0.4 is 4.72 Å². The van der Waals surface area contributed by atoms with Gasteiger partial charge in [0, 0.05) is 18.5 Å². The van der Waals surface area contributed by atoms with E-state index in [1.807, 2.05) is 19.0 Å². The second kappa shape index (κ2) is 7.48. The Morgan fingerprint density at radius 1 is 1.31 bits per heavy atom. The molecule has 0 fully saturated rings. The van der Waals surface area contributed by atoms with E-state index in [2.05, 4.69) is 18.6 Å². The Kier molecular flexibility index (Phi) is 7.55. The highest BCUT2D eigenvalue weighted by molar-refractivity contribution is 7.89. The molecule has 0 aromatic heterocycles. The average molecular weight is 271 g/mol. The van der Waals surface area contributed by atoms with Gasteiger partial charge < -0.3 is 4.90 Å². The zero-order chi connectivity index (χ0) is 12.8.